The van der Waals surface area contributed by atoms with Gasteiger partial charge in [0, 0.05) is 30.6 Å². The van der Waals surface area contributed by atoms with Gasteiger partial charge < -0.3 is 14.9 Å². The average molecular weight is 388 g/mol. The second-order valence-corrected chi connectivity index (χ2v) is 8.20. The van der Waals surface area contributed by atoms with Crippen LogP contribution in [0, 0.1) is 0 Å². The molecule has 1 aliphatic heterocycles. The molecule has 4 nitrogen and oxygen atoms in total. The predicted molar refractivity (Wildman–Crippen MR) is 111 cm³/mol. The Hall–Kier alpha value is -1.37. The molecule has 146 valence electrons. The van der Waals surface area contributed by atoms with Gasteiger partial charge in [-0.15, -0.1) is 0 Å². The topological polar surface area (TPSA) is 52.9 Å². The Labute approximate surface area is 166 Å². The van der Waals surface area contributed by atoms with E-state index >= 15 is 0 Å². The fourth-order valence-corrected chi connectivity index (χ4v) is 4.57. The molecule has 0 radical (unpaired) electrons. The highest BCUT2D eigenvalue weighted by molar-refractivity contribution is 7.99. The fourth-order valence-electron chi connectivity index (χ4n) is 3.34. The van der Waals surface area contributed by atoms with Gasteiger partial charge in [-0.1, -0.05) is 60.7 Å². The van der Waals surface area contributed by atoms with E-state index < -0.39 is 6.10 Å². The molecule has 2 N–H and O–H groups in total. The van der Waals surface area contributed by atoms with Crippen molar-refractivity contribution in [2.75, 3.05) is 38.6 Å². The van der Waals surface area contributed by atoms with E-state index in [1.54, 1.807) is 11.8 Å². The second-order valence-electron chi connectivity index (χ2n) is 6.96. The summed E-state index contributed by atoms with van der Waals surface area (Å²) in [4.78, 5) is 2.26. The highest BCUT2D eigenvalue weighted by atomic mass is 32.2. The number of rotatable bonds is 9. The van der Waals surface area contributed by atoms with Crippen molar-refractivity contribution in [3.8, 4) is 0 Å². The van der Waals surface area contributed by atoms with Crippen LogP contribution in [0.2, 0.25) is 0 Å². The molecule has 1 fully saturated rings. The van der Waals surface area contributed by atoms with Crippen LogP contribution < -0.4 is 0 Å². The zero-order valence-corrected chi connectivity index (χ0v) is 16.4. The first-order chi connectivity index (χ1) is 13.2. The molecule has 0 aromatic heterocycles. The highest BCUT2D eigenvalue weighted by Gasteiger charge is 2.21. The van der Waals surface area contributed by atoms with Gasteiger partial charge in [-0.05, 0) is 17.5 Å². The van der Waals surface area contributed by atoms with Crippen molar-refractivity contribution in [2.45, 2.75) is 23.9 Å². The van der Waals surface area contributed by atoms with E-state index in [2.05, 4.69) is 17.0 Å². The molecular weight excluding hydrogens is 358 g/mol. The largest absolute Gasteiger partial charge is 0.391 e. The summed E-state index contributed by atoms with van der Waals surface area (Å²) in [5.41, 5.74) is 2.13. The number of hydrogen-bond donors (Lipinski definition) is 2. The Balaban J connectivity index is 1.58. The van der Waals surface area contributed by atoms with Gasteiger partial charge in [-0.2, -0.15) is 11.8 Å². The number of morpholine rings is 1. The van der Waals surface area contributed by atoms with Crippen LogP contribution in [-0.2, 0) is 4.74 Å². The maximum atomic E-state index is 10.7. The standard InChI is InChI=1S/C22H29NO3S/c24-20(16-23-11-13-26-14-12-23)17-27-22(19-9-5-2-6-10-19)15-21(25)18-7-3-1-4-8-18/h1-10,20-22,24-25H,11-17H2/t20-,21-,22+/m0/s1. The molecule has 1 saturated heterocycles. The Kier molecular flexibility index (Phi) is 8.17. The number of ether oxygens (including phenoxy) is 1. The first-order valence-corrected chi connectivity index (χ1v) is 10.6. The smallest absolute Gasteiger partial charge is 0.0803 e. The maximum absolute atomic E-state index is 10.7. The summed E-state index contributed by atoms with van der Waals surface area (Å²) in [7, 11) is 0. The van der Waals surface area contributed by atoms with E-state index in [1.165, 1.54) is 5.56 Å². The minimum Gasteiger partial charge on any atom is -0.391 e. The Morgan fingerprint density at radius 1 is 0.889 bits per heavy atom. The van der Waals surface area contributed by atoms with Crippen LogP contribution in [0.15, 0.2) is 60.7 Å². The number of nitrogens with zero attached hydrogens (tertiary/aromatic N) is 1. The van der Waals surface area contributed by atoms with Crippen molar-refractivity contribution in [1.29, 1.82) is 0 Å². The van der Waals surface area contributed by atoms with Crippen molar-refractivity contribution in [1.82, 2.24) is 4.90 Å². The van der Waals surface area contributed by atoms with E-state index in [1.807, 2.05) is 48.5 Å². The van der Waals surface area contributed by atoms with Crippen LogP contribution in [0.25, 0.3) is 0 Å². The number of β-amino-alcohol motifs (C(OH)–C–C–N with tert-alkyl or cyclic N) is 1. The summed E-state index contributed by atoms with van der Waals surface area (Å²) in [5.74, 6) is 0.651. The summed E-state index contributed by atoms with van der Waals surface area (Å²) in [6.07, 6.45) is -0.267. The van der Waals surface area contributed by atoms with Crippen molar-refractivity contribution in [2.24, 2.45) is 0 Å². The predicted octanol–water partition coefficient (Wildman–Crippen LogP) is 3.28. The number of thioether (sulfide) groups is 1. The molecular formula is C22H29NO3S. The minimum atomic E-state index is -0.514. The third kappa shape index (κ3) is 6.63. The SMILES string of the molecule is O[C@H](CS[C@H](C[C@H](O)c1ccccc1)c1ccccc1)CN1CCOCC1. The molecule has 0 saturated carbocycles. The average Bonchev–Trinajstić information content (AvgIpc) is 2.73. The summed E-state index contributed by atoms with van der Waals surface area (Å²) >= 11 is 1.73. The molecule has 2 aromatic carbocycles. The maximum Gasteiger partial charge on any atom is 0.0803 e. The lowest BCUT2D eigenvalue weighted by molar-refractivity contribution is 0.0188. The third-order valence-electron chi connectivity index (χ3n) is 4.86. The summed E-state index contributed by atoms with van der Waals surface area (Å²) in [6, 6.07) is 20.1. The lowest BCUT2D eigenvalue weighted by Gasteiger charge is -2.29. The van der Waals surface area contributed by atoms with E-state index in [0.717, 1.165) is 31.9 Å². The van der Waals surface area contributed by atoms with Gasteiger partial charge in [0.1, 0.15) is 0 Å². The number of aliphatic hydroxyl groups is 2. The van der Waals surface area contributed by atoms with Crippen molar-refractivity contribution >= 4 is 11.8 Å². The third-order valence-corrected chi connectivity index (χ3v) is 6.30. The van der Waals surface area contributed by atoms with Gasteiger partial charge in [0.2, 0.25) is 0 Å². The fraction of sp³-hybridized carbons (Fsp3) is 0.455. The molecule has 0 spiro atoms. The molecule has 1 heterocycles. The summed E-state index contributed by atoms with van der Waals surface area (Å²) < 4.78 is 5.37. The van der Waals surface area contributed by atoms with E-state index in [0.29, 0.717) is 18.7 Å². The lowest BCUT2D eigenvalue weighted by atomic mass is 10.0. The molecule has 0 amide bonds. The normalized spacial score (nSPS) is 18.7. The quantitative estimate of drug-likeness (QED) is 0.692. The van der Waals surface area contributed by atoms with Crippen LogP contribution in [0.4, 0.5) is 0 Å². The Morgan fingerprint density at radius 3 is 2.11 bits per heavy atom. The van der Waals surface area contributed by atoms with E-state index in [9.17, 15) is 10.2 Å². The van der Waals surface area contributed by atoms with Crippen molar-refractivity contribution in [3.05, 3.63) is 71.8 Å². The van der Waals surface area contributed by atoms with E-state index in [-0.39, 0.29) is 11.4 Å². The minimum absolute atomic E-state index is 0.140. The monoisotopic (exact) mass is 387 g/mol. The van der Waals surface area contributed by atoms with Gasteiger partial charge >= 0.3 is 0 Å². The molecule has 1 aliphatic rings. The first kappa shape index (κ1) is 20.4. The Bertz CT molecular complexity index is 649. The highest BCUT2D eigenvalue weighted by Crippen LogP contribution is 2.37. The molecule has 0 unspecified atom stereocenters. The molecule has 3 atom stereocenters. The second kappa shape index (κ2) is 10.8. The van der Waals surface area contributed by atoms with Gasteiger partial charge in [-0.3, -0.25) is 4.90 Å². The number of aliphatic hydroxyl groups excluding tert-OH is 2. The van der Waals surface area contributed by atoms with Crippen LogP contribution in [0.1, 0.15) is 28.9 Å². The molecule has 0 aliphatic carbocycles. The molecule has 3 rings (SSSR count). The van der Waals surface area contributed by atoms with E-state index in [4.69, 9.17) is 4.74 Å². The zero-order valence-electron chi connectivity index (χ0n) is 15.6. The van der Waals surface area contributed by atoms with Crippen molar-refractivity contribution < 1.29 is 14.9 Å². The molecule has 5 heteroatoms. The zero-order chi connectivity index (χ0) is 18.9. The molecule has 0 bridgehead atoms. The van der Waals surface area contributed by atoms with Crippen LogP contribution in [-0.4, -0.2) is 59.8 Å². The van der Waals surface area contributed by atoms with Gasteiger partial charge in [0.05, 0.1) is 25.4 Å². The van der Waals surface area contributed by atoms with Gasteiger partial charge in [-0.25, -0.2) is 0 Å². The molecule has 27 heavy (non-hydrogen) atoms. The Morgan fingerprint density at radius 2 is 1.48 bits per heavy atom. The summed E-state index contributed by atoms with van der Waals surface area (Å²) in [5, 5.41) is 21.3. The van der Waals surface area contributed by atoms with Gasteiger partial charge in [0.15, 0.2) is 0 Å². The number of hydrogen-bond acceptors (Lipinski definition) is 5. The van der Waals surface area contributed by atoms with Gasteiger partial charge in [0.25, 0.3) is 0 Å². The van der Waals surface area contributed by atoms with Crippen molar-refractivity contribution in [3.63, 3.8) is 0 Å². The van der Waals surface area contributed by atoms with Crippen LogP contribution >= 0.6 is 11.8 Å². The van der Waals surface area contributed by atoms with Crippen LogP contribution in [0.5, 0.6) is 0 Å². The lowest BCUT2D eigenvalue weighted by Crippen LogP contribution is -2.41. The molecule has 2 aromatic rings. The number of benzene rings is 2. The summed E-state index contributed by atoms with van der Waals surface area (Å²) in [6.45, 7) is 3.94. The first-order valence-electron chi connectivity index (χ1n) is 9.60. The van der Waals surface area contributed by atoms with Crippen LogP contribution in [0.3, 0.4) is 0 Å².